The van der Waals surface area contributed by atoms with E-state index in [-0.39, 0.29) is 13.0 Å². The van der Waals surface area contributed by atoms with Crippen molar-refractivity contribution in [3.05, 3.63) is 29.8 Å². The van der Waals surface area contributed by atoms with Crippen molar-refractivity contribution in [1.82, 2.24) is 4.90 Å². The van der Waals surface area contributed by atoms with Gasteiger partial charge in [0.25, 0.3) is 5.92 Å². The molecular weight excluding hydrogens is 210 g/mol. The second-order valence-electron chi connectivity index (χ2n) is 4.26. The van der Waals surface area contributed by atoms with Gasteiger partial charge in [0.15, 0.2) is 0 Å². The van der Waals surface area contributed by atoms with Gasteiger partial charge in [-0.1, -0.05) is 12.1 Å². The third-order valence-electron chi connectivity index (χ3n) is 2.90. The molecule has 1 aliphatic heterocycles. The number of hydrogen-bond donors (Lipinski definition) is 1. The molecule has 1 saturated heterocycles. The molecule has 0 unspecified atom stereocenters. The highest BCUT2D eigenvalue weighted by atomic mass is 19.3. The minimum Gasteiger partial charge on any atom is -0.388 e. The number of nitrogens with one attached hydrogen (secondary N) is 1. The van der Waals surface area contributed by atoms with Crippen LogP contribution in [-0.4, -0.2) is 31.0 Å². The molecule has 0 saturated carbocycles. The number of nitrogens with zero attached hydrogens (tertiary/aromatic N) is 1. The fourth-order valence-electron chi connectivity index (χ4n) is 1.98. The van der Waals surface area contributed by atoms with Gasteiger partial charge < -0.3 is 5.32 Å². The molecule has 0 aromatic heterocycles. The Labute approximate surface area is 94.3 Å². The van der Waals surface area contributed by atoms with Crippen molar-refractivity contribution in [2.24, 2.45) is 0 Å². The summed E-state index contributed by atoms with van der Waals surface area (Å²) in [6.45, 7) is 0.987. The van der Waals surface area contributed by atoms with E-state index in [1.54, 1.807) is 4.90 Å². The number of anilines is 1. The van der Waals surface area contributed by atoms with Crippen LogP contribution in [0.3, 0.4) is 0 Å². The van der Waals surface area contributed by atoms with Gasteiger partial charge in [-0.25, -0.2) is 8.78 Å². The first-order valence-corrected chi connectivity index (χ1v) is 5.46. The summed E-state index contributed by atoms with van der Waals surface area (Å²) in [5.41, 5.74) is 2.12. The second kappa shape index (κ2) is 4.37. The quantitative estimate of drug-likeness (QED) is 0.852. The summed E-state index contributed by atoms with van der Waals surface area (Å²) in [4.78, 5) is 1.80. The van der Waals surface area contributed by atoms with Crippen molar-refractivity contribution >= 4 is 5.69 Å². The van der Waals surface area contributed by atoms with Gasteiger partial charge in [0.1, 0.15) is 0 Å². The van der Waals surface area contributed by atoms with E-state index in [4.69, 9.17) is 0 Å². The molecule has 1 N–H and O–H groups in total. The lowest BCUT2D eigenvalue weighted by molar-refractivity contribution is 0.0115. The van der Waals surface area contributed by atoms with Crippen molar-refractivity contribution < 1.29 is 8.78 Å². The summed E-state index contributed by atoms with van der Waals surface area (Å²) in [5, 5.41) is 3.03. The highest BCUT2D eigenvalue weighted by Crippen LogP contribution is 2.27. The lowest BCUT2D eigenvalue weighted by Crippen LogP contribution is -2.24. The Morgan fingerprint density at radius 2 is 2.00 bits per heavy atom. The Kier molecular flexibility index (Phi) is 3.10. The molecule has 0 amide bonds. The van der Waals surface area contributed by atoms with Crippen LogP contribution in [0.1, 0.15) is 12.0 Å². The van der Waals surface area contributed by atoms with E-state index in [1.165, 1.54) is 0 Å². The second-order valence-corrected chi connectivity index (χ2v) is 4.26. The summed E-state index contributed by atoms with van der Waals surface area (Å²) in [7, 11) is 1.86. The number of rotatable bonds is 3. The molecule has 2 rings (SSSR count). The molecule has 0 spiro atoms. The van der Waals surface area contributed by atoms with Crippen LogP contribution in [0.25, 0.3) is 0 Å². The van der Waals surface area contributed by atoms with Crippen LogP contribution in [0.2, 0.25) is 0 Å². The molecular formula is C12H16F2N2. The van der Waals surface area contributed by atoms with Gasteiger partial charge in [0.2, 0.25) is 0 Å². The zero-order valence-corrected chi connectivity index (χ0v) is 9.34. The van der Waals surface area contributed by atoms with Crippen molar-refractivity contribution in [3.8, 4) is 0 Å². The summed E-state index contributed by atoms with van der Waals surface area (Å²) in [6.07, 6.45) is -0.0123. The van der Waals surface area contributed by atoms with Gasteiger partial charge in [-0.3, -0.25) is 4.90 Å². The number of benzene rings is 1. The Balaban J connectivity index is 1.94. The van der Waals surface area contributed by atoms with Crippen LogP contribution in [0, 0.1) is 0 Å². The highest BCUT2D eigenvalue weighted by Gasteiger charge is 2.37. The molecule has 0 atom stereocenters. The molecule has 16 heavy (non-hydrogen) atoms. The fourth-order valence-corrected chi connectivity index (χ4v) is 1.98. The predicted octanol–water partition coefficient (Wildman–Crippen LogP) is 2.57. The van der Waals surface area contributed by atoms with E-state index in [0.29, 0.717) is 13.1 Å². The molecule has 4 heteroatoms. The summed E-state index contributed by atoms with van der Waals surface area (Å²) >= 11 is 0. The zero-order valence-electron chi connectivity index (χ0n) is 9.34. The van der Waals surface area contributed by atoms with Gasteiger partial charge in [-0.05, 0) is 17.7 Å². The molecule has 1 heterocycles. The largest absolute Gasteiger partial charge is 0.388 e. The van der Waals surface area contributed by atoms with Gasteiger partial charge in [-0.2, -0.15) is 0 Å². The van der Waals surface area contributed by atoms with Crippen LogP contribution in [-0.2, 0) is 6.54 Å². The third kappa shape index (κ3) is 2.70. The number of alkyl halides is 2. The van der Waals surface area contributed by atoms with E-state index >= 15 is 0 Å². The highest BCUT2D eigenvalue weighted by molar-refractivity contribution is 5.43. The van der Waals surface area contributed by atoms with Crippen molar-refractivity contribution in [2.75, 3.05) is 25.5 Å². The fraction of sp³-hybridized carbons (Fsp3) is 0.500. The molecule has 1 aliphatic rings. The van der Waals surface area contributed by atoms with Gasteiger partial charge in [-0.15, -0.1) is 0 Å². The van der Waals surface area contributed by atoms with Crippen molar-refractivity contribution in [1.29, 1.82) is 0 Å². The van der Waals surface area contributed by atoms with E-state index in [2.05, 4.69) is 5.32 Å². The van der Waals surface area contributed by atoms with Crippen molar-refractivity contribution in [3.63, 3.8) is 0 Å². The Morgan fingerprint density at radius 3 is 2.50 bits per heavy atom. The lowest BCUT2D eigenvalue weighted by Gasteiger charge is -2.15. The van der Waals surface area contributed by atoms with E-state index in [9.17, 15) is 8.78 Å². The molecule has 1 aromatic carbocycles. The van der Waals surface area contributed by atoms with Gasteiger partial charge in [0, 0.05) is 32.2 Å². The molecule has 2 nitrogen and oxygen atoms in total. The van der Waals surface area contributed by atoms with E-state index in [1.807, 2.05) is 31.3 Å². The first-order valence-electron chi connectivity index (χ1n) is 5.46. The van der Waals surface area contributed by atoms with Crippen LogP contribution in [0.4, 0.5) is 14.5 Å². The third-order valence-corrected chi connectivity index (χ3v) is 2.90. The molecule has 88 valence electrons. The summed E-state index contributed by atoms with van der Waals surface area (Å²) in [5.74, 6) is -2.50. The molecule has 1 fully saturated rings. The maximum absolute atomic E-state index is 13.0. The Bertz CT molecular complexity index is 349. The number of likely N-dealkylation sites (tertiary alicyclic amines) is 1. The van der Waals surface area contributed by atoms with E-state index in [0.717, 1.165) is 11.3 Å². The SMILES string of the molecule is CNc1ccc(CN2CCC(F)(F)C2)cc1. The van der Waals surface area contributed by atoms with Crippen molar-refractivity contribution in [2.45, 2.75) is 18.9 Å². The monoisotopic (exact) mass is 226 g/mol. The average Bonchev–Trinajstić information content (AvgIpc) is 2.59. The minimum absolute atomic E-state index is 0.0123. The Hall–Kier alpha value is -1.16. The number of hydrogen-bond acceptors (Lipinski definition) is 2. The lowest BCUT2D eigenvalue weighted by atomic mass is 10.2. The van der Waals surface area contributed by atoms with Crippen LogP contribution < -0.4 is 5.32 Å². The maximum Gasteiger partial charge on any atom is 0.261 e. The Morgan fingerprint density at radius 1 is 1.31 bits per heavy atom. The van der Waals surface area contributed by atoms with E-state index < -0.39 is 5.92 Å². The first kappa shape index (κ1) is 11.3. The predicted molar refractivity (Wildman–Crippen MR) is 60.8 cm³/mol. The van der Waals surface area contributed by atoms with Gasteiger partial charge >= 0.3 is 0 Å². The van der Waals surface area contributed by atoms with Crippen LogP contribution in [0.5, 0.6) is 0 Å². The molecule has 0 bridgehead atoms. The van der Waals surface area contributed by atoms with Crippen LogP contribution in [0.15, 0.2) is 24.3 Å². The minimum atomic E-state index is -2.50. The normalized spacial score (nSPS) is 19.9. The number of halogens is 2. The zero-order chi connectivity index (χ0) is 11.6. The molecule has 0 aliphatic carbocycles. The molecule has 1 aromatic rings. The molecule has 0 radical (unpaired) electrons. The average molecular weight is 226 g/mol. The van der Waals surface area contributed by atoms with Crippen LogP contribution >= 0.6 is 0 Å². The smallest absolute Gasteiger partial charge is 0.261 e. The summed E-state index contributed by atoms with van der Waals surface area (Å²) in [6, 6.07) is 7.87. The standard InChI is InChI=1S/C12H16F2N2/c1-15-11-4-2-10(3-5-11)8-16-7-6-12(13,14)9-16/h2-5,15H,6-9H2,1H3. The van der Waals surface area contributed by atoms with Gasteiger partial charge in [0.05, 0.1) is 6.54 Å². The maximum atomic E-state index is 13.0. The first-order chi connectivity index (χ1) is 7.59. The summed E-state index contributed by atoms with van der Waals surface area (Å²) < 4.78 is 25.9. The topological polar surface area (TPSA) is 15.3 Å².